The maximum Gasteiger partial charge on any atom is 0.136 e. The summed E-state index contributed by atoms with van der Waals surface area (Å²) in [6.07, 6.45) is 2.64. The van der Waals surface area contributed by atoms with Crippen molar-refractivity contribution in [1.82, 2.24) is 9.78 Å². The van der Waals surface area contributed by atoms with Gasteiger partial charge in [0.05, 0.1) is 17.9 Å². The molecule has 2 rings (SSSR count). The van der Waals surface area contributed by atoms with Gasteiger partial charge in [0.1, 0.15) is 10.8 Å². The van der Waals surface area contributed by atoms with Gasteiger partial charge in [0.15, 0.2) is 0 Å². The quantitative estimate of drug-likeness (QED) is 0.602. The first-order valence-corrected chi connectivity index (χ1v) is 7.03. The number of nitrogens with two attached hydrogens (primary N) is 1. The van der Waals surface area contributed by atoms with Crippen LogP contribution < -0.4 is 10.6 Å². The van der Waals surface area contributed by atoms with Crippen molar-refractivity contribution < 1.29 is 4.74 Å². The van der Waals surface area contributed by atoms with E-state index in [1.165, 1.54) is 12.8 Å². The van der Waals surface area contributed by atoms with Crippen molar-refractivity contribution in [3.8, 4) is 0 Å². The van der Waals surface area contributed by atoms with Crippen LogP contribution in [-0.2, 0) is 11.8 Å². The van der Waals surface area contributed by atoms with E-state index < -0.39 is 0 Å². The summed E-state index contributed by atoms with van der Waals surface area (Å²) in [6.45, 7) is 4.34. The van der Waals surface area contributed by atoms with Crippen molar-refractivity contribution in [2.45, 2.75) is 19.8 Å². The molecular weight excluding hydrogens is 260 g/mol. The Labute approximate surface area is 119 Å². The number of aryl methyl sites for hydroxylation is 2. The zero-order valence-electron chi connectivity index (χ0n) is 11.8. The Morgan fingerprint density at radius 2 is 2.26 bits per heavy atom. The van der Waals surface area contributed by atoms with E-state index in [4.69, 9.17) is 22.7 Å². The Balaban J connectivity index is 1.96. The Morgan fingerprint density at radius 1 is 1.58 bits per heavy atom. The predicted molar refractivity (Wildman–Crippen MR) is 80.6 cm³/mol. The Hall–Kier alpha value is -1.14. The molecule has 0 radical (unpaired) electrons. The molecule has 0 bridgehead atoms. The second kappa shape index (κ2) is 5.88. The summed E-state index contributed by atoms with van der Waals surface area (Å²) < 4.78 is 7.49. The molecule has 5 nitrogen and oxygen atoms in total. The average Bonchev–Trinajstić information content (AvgIpc) is 3.09. The van der Waals surface area contributed by atoms with Gasteiger partial charge in [-0.15, -0.1) is 0 Å². The van der Waals surface area contributed by atoms with Crippen molar-refractivity contribution in [2.75, 3.05) is 31.7 Å². The standard InChI is InChI=1S/C13H22N4OS/c1-9-11(12(14)19)13(17(3)15-9)16(2)6-7-18-8-10-4-5-10/h10H,4-8H2,1-3H3,(H2,14,19). The lowest BCUT2D eigenvalue weighted by atomic mass is 10.2. The molecule has 0 aliphatic heterocycles. The fourth-order valence-corrected chi connectivity index (χ4v) is 2.45. The Kier molecular flexibility index (Phi) is 4.42. The van der Waals surface area contributed by atoms with E-state index in [1.54, 1.807) is 0 Å². The first-order chi connectivity index (χ1) is 9.00. The number of hydrogen-bond acceptors (Lipinski definition) is 4. The molecule has 1 aromatic rings. The number of ether oxygens (including phenoxy) is 1. The molecule has 1 heterocycles. The SMILES string of the molecule is Cc1nn(C)c(N(C)CCOCC2CC2)c1C(N)=S. The molecule has 19 heavy (non-hydrogen) atoms. The first kappa shape index (κ1) is 14.3. The molecule has 1 saturated carbocycles. The summed E-state index contributed by atoms with van der Waals surface area (Å²) in [5.41, 5.74) is 7.52. The van der Waals surface area contributed by atoms with Gasteiger partial charge in [-0.3, -0.25) is 4.68 Å². The molecule has 2 N–H and O–H groups in total. The van der Waals surface area contributed by atoms with Crippen molar-refractivity contribution >= 4 is 23.0 Å². The molecule has 1 aliphatic rings. The third kappa shape index (κ3) is 3.45. The summed E-state index contributed by atoms with van der Waals surface area (Å²) in [5.74, 6) is 1.76. The molecule has 0 amide bonds. The van der Waals surface area contributed by atoms with Crippen LogP contribution in [0.3, 0.4) is 0 Å². The lowest BCUT2D eigenvalue weighted by Crippen LogP contribution is -2.27. The normalized spacial score (nSPS) is 14.7. The molecular formula is C13H22N4OS. The van der Waals surface area contributed by atoms with Crippen molar-refractivity contribution in [2.24, 2.45) is 18.7 Å². The first-order valence-electron chi connectivity index (χ1n) is 6.63. The molecule has 0 aromatic carbocycles. The molecule has 0 spiro atoms. The molecule has 6 heteroatoms. The number of likely N-dealkylation sites (N-methyl/N-ethyl adjacent to an activating group) is 1. The highest BCUT2D eigenvalue weighted by Crippen LogP contribution is 2.28. The summed E-state index contributed by atoms with van der Waals surface area (Å²) in [7, 11) is 3.92. The van der Waals surface area contributed by atoms with E-state index in [2.05, 4.69) is 10.00 Å². The maximum atomic E-state index is 5.79. The van der Waals surface area contributed by atoms with Gasteiger partial charge in [-0.1, -0.05) is 12.2 Å². The van der Waals surface area contributed by atoms with Crippen LogP contribution in [0, 0.1) is 12.8 Å². The van der Waals surface area contributed by atoms with Gasteiger partial charge in [-0.25, -0.2) is 0 Å². The van der Waals surface area contributed by atoms with Crippen LogP contribution in [-0.4, -0.2) is 41.6 Å². The minimum absolute atomic E-state index is 0.395. The number of anilines is 1. The highest BCUT2D eigenvalue weighted by Gasteiger charge is 2.22. The fourth-order valence-electron chi connectivity index (χ4n) is 2.21. The molecule has 0 unspecified atom stereocenters. The zero-order valence-corrected chi connectivity index (χ0v) is 12.7. The van der Waals surface area contributed by atoms with Gasteiger partial charge >= 0.3 is 0 Å². The third-order valence-corrected chi connectivity index (χ3v) is 3.63. The van der Waals surface area contributed by atoms with Crippen LogP contribution in [0.1, 0.15) is 24.1 Å². The highest BCUT2D eigenvalue weighted by atomic mass is 32.1. The molecule has 1 fully saturated rings. The summed E-state index contributed by atoms with van der Waals surface area (Å²) in [6, 6.07) is 0. The molecule has 0 saturated heterocycles. The highest BCUT2D eigenvalue weighted by molar-refractivity contribution is 7.80. The second-order valence-electron chi connectivity index (χ2n) is 5.21. The van der Waals surface area contributed by atoms with Gasteiger partial charge in [0, 0.05) is 27.2 Å². The minimum Gasteiger partial charge on any atom is -0.389 e. The molecule has 106 valence electrons. The van der Waals surface area contributed by atoms with E-state index in [0.29, 0.717) is 11.6 Å². The van der Waals surface area contributed by atoms with Crippen LogP contribution in [0.2, 0.25) is 0 Å². The number of rotatable bonds is 7. The Bertz CT molecular complexity index is 467. The smallest absolute Gasteiger partial charge is 0.136 e. The minimum atomic E-state index is 0.395. The Morgan fingerprint density at radius 3 is 2.84 bits per heavy atom. The van der Waals surface area contributed by atoms with Crippen molar-refractivity contribution in [3.63, 3.8) is 0 Å². The van der Waals surface area contributed by atoms with Gasteiger partial charge in [-0.05, 0) is 25.7 Å². The van der Waals surface area contributed by atoms with Crippen LogP contribution in [0.25, 0.3) is 0 Å². The van der Waals surface area contributed by atoms with E-state index >= 15 is 0 Å². The zero-order chi connectivity index (χ0) is 14.0. The fraction of sp³-hybridized carbons (Fsp3) is 0.692. The second-order valence-corrected chi connectivity index (χ2v) is 5.65. The van der Waals surface area contributed by atoms with E-state index in [1.807, 2.05) is 25.7 Å². The van der Waals surface area contributed by atoms with Crippen molar-refractivity contribution in [3.05, 3.63) is 11.3 Å². The molecule has 0 atom stereocenters. The summed E-state index contributed by atoms with van der Waals surface area (Å²) in [5, 5.41) is 4.39. The number of nitrogens with zero attached hydrogens (tertiary/aromatic N) is 3. The molecule has 1 aromatic heterocycles. The largest absolute Gasteiger partial charge is 0.389 e. The van der Waals surface area contributed by atoms with Crippen LogP contribution in [0.5, 0.6) is 0 Å². The third-order valence-electron chi connectivity index (χ3n) is 3.42. The average molecular weight is 282 g/mol. The summed E-state index contributed by atoms with van der Waals surface area (Å²) >= 11 is 5.11. The topological polar surface area (TPSA) is 56.3 Å². The molecule has 1 aliphatic carbocycles. The van der Waals surface area contributed by atoms with Gasteiger partial charge < -0.3 is 15.4 Å². The number of thiocarbonyl (C=S) groups is 1. The van der Waals surface area contributed by atoms with E-state index in [9.17, 15) is 0 Å². The summed E-state index contributed by atoms with van der Waals surface area (Å²) in [4.78, 5) is 2.49. The van der Waals surface area contributed by atoms with Crippen LogP contribution in [0.4, 0.5) is 5.82 Å². The number of hydrogen-bond donors (Lipinski definition) is 1. The van der Waals surface area contributed by atoms with E-state index in [-0.39, 0.29) is 0 Å². The van der Waals surface area contributed by atoms with Crippen LogP contribution >= 0.6 is 12.2 Å². The number of aromatic nitrogens is 2. The van der Waals surface area contributed by atoms with Crippen molar-refractivity contribution in [1.29, 1.82) is 0 Å². The monoisotopic (exact) mass is 282 g/mol. The van der Waals surface area contributed by atoms with Gasteiger partial charge in [0.25, 0.3) is 0 Å². The maximum absolute atomic E-state index is 5.79. The van der Waals surface area contributed by atoms with Gasteiger partial charge in [-0.2, -0.15) is 5.10 Å². The van der Waals surface area contributed by atoms with Crippen LogP contribution in [0.15, 0.2) is 0 Å². The van der Waals surface area contributed by atoms with E-state index in [0.717, 1.165) is 36.1 Å². The lowest BCUT2D eigenvalue weighted by Gasteiger charge is -2.20. The lowest BCUT2D eigenvalue weighted by molar-refractivity contribution is 0.130. The van der Waals surface area contributed by atoms with Gasteiger partial charge in [0.2, 0.25) is 0 Å². The predicted octanol–water partition coefficient (Wildman–Crippen LogP) is 1.23.